The molecule has 0 saturated heterocycles. The molecule has 0 heterocycles. The van der Waals surface area contributed by atoms with Crippen molar-refractivity contribution < 1.29 is 5.11 Å². The van der Waals surface area contributed by atoms with E-state index in [9.17, 15) is 5.11 Å². The Hall–Kier alpha value is -0.0400. The van der Waals surface area contributed by atoms with Crippen LogP contribution in [0.2, 0.25) is 0 Å². The molecule has 0 amide bonds. The molecule has 0 radical (unpaired) electrons. The van der Waals surface area contributed by atoms with Gasteiger partial charge in [0.25, 0.3) is 0 Å². The highest BCUT2D eigenvalue weighted by atomic mass is 16.3. The summed E-state index contributed by atoms with van der Waals surface area (Å²) in [5.74, 6) is 1.86. The van der Waals surface area contributed by atoms with E-state index in [0.29, 0.717) is 0 Å². The van der Waals surface area contributed by atoms with E-state index in [-0.39, 0.29) is 6.10 Å². The van der Waals surface area contributed by atoms with Crippen LogP contribution in [-0.2, 0) is 0 Å². The average molecular weight is 212 g/mol. The first-order valence-corrected chi connectivity index (χ1v) is 6.96. The van der Waals surface area contributed by atoms with Crippen molar-refractivity contribution in [1.29, 1.82) is 0 Å². The third-order valence-corrected chi connectivity index (χ3v) is 4.08. The zero-order valence-corrected chi connectivity index (χ0v) is 10.5. The monoisotopic (exact) mass is 212 g/mol. The number of aliphatic hydroxyl groups is 1. The first-order chi connectivity index (χ1) is 7.27. The minimum atomic E-state index is -0.0329. The Balaban J connectivity index is 2.22. The van der Waals surface area contributed by atoms with Gasteiger partial charge >= 0.3 is 0 Å². The summed E-state index contributed by atoms with van der Waals surface area (Å²) in [5.41, 5.74) is 0. The average Bonchev–Trinajstić information content (AvgIpc) is 2.27. The van der Waals surface area contributed by atoms with E-state index in [1.165, 1.54) is 38.5 Å². The van der Waals surface area contributed by atoms with Crippen LogP contribution in [0.1, 0.15) is 71.6 Å². The third-order valence-electron chi connectivity index (χ3n) is 4.08. The van der Waals surface area contributed by atoms with Gasteiger partial charge in [-0.15, -0.1) is 0 Å². The molecular weight excluding hydrogens is 184 g/mol. The SMILES string of the molecule is CCCC(O)CCC1CCCCC1CC. The van der Waals surface area contributed by atoms with Crippen molar-refractivity contribution in [1.82, 2.24) is 0 Å². The maximum atomic E-state index is 9.74. The number of hydrogen-bond donors (Lipinski definition) is 1. The lowest BCUT2D eigenvalue weighted by atomic mass is 9.75. The van der Waals surface area contributed by atoms with Gasteiger partial charge in [-0.1, -0.05) is 52.4 Å². The van der Waals surface area contributed by atoms with Crippen LogP contribution in [0.15, 0.2) is 0 Å². The zero-order chi connectivity index (χ0) is 11.1. The summed E-state index contributed by atoms with van der Waals surface area (Å²) in [7, 11) is 0. The minimum absolute atomic E-state index is 0.0329. The summed E-state index contributed by atoms with van der Waals surface area (Å²) in [6.45, 7) is 4.48. The molecule has 0 aromatic heterocycles. The van der Waals surface area contributed by atoms with Gasteiger partial charge in [-0.2, -0.15) is 0 Å². The quantitative estimate of drug-likeness (QED) is 0.701. The van der Waals surface area contributed by atoms with Crippen molar-refractivity contribution in [2.75, 3.05) is 0 Å². The molecule has 0 spiro atoms. The maximum Gasteiger partial charge on any atom is 0.0540 e. The molecule has 0 bridgehead atoms. The predicted octanol–water partition coefficient (Wildman–Crippen LogP) is 4.14. The van der Waals surface area contributed by atoms with E-state index in [4.69, 9.17) is 0 Å². The molecule has 1 rings (SSSR count). The third kappa shape index (κ3) is 4.55. The Bertz CT molecular complexity index is 155. The Morgan fingerprint density at radius 3 is 2.33 bits per heavy atom. The molecule has 1 aliphatic rings. The van der Waals surface area contributed by atoms with Crippen molar-refractivity contribution in [3.8, 4) is 0 Å². The predicted molar refractivity (Wildman–Crippen MR) is 65.9 cm³/mol. The smallest absolute Gasteiger partial charge is 0.0540 e. The molecular formula is C14H28O. The lowest BCUT2D eigenvalue weighted by Crippen LogP contribution is -2.20. The molecule has 0 aromatic carbocycles. The fraction of sp³-hybridized carbons (Fsp3) is 1.00. The summed E-state index contributed by atoms with van der Waals surface area (Å²) >= 11 is 0. The summed E-state index contributed by atoms with van der Waals surface area (Å²) in [4.78, 5) is 0. The lowest BCUT2D eigenvalue weighted by Gasteiger charge is -2.31. The number of aliphatic hydroxyl groups excluding tert-OH is 1. The van der Waals surface area contributed by atoms with E-state index in [2.05, 4.69) is 13.8 Å². The van der Waals surface area contributed by atoms with Crippen LogP contribution in [0.4, 0.5) is 0 Å². The first kappa shape index (κ1) is 13.0. The Morgan fingerprint density at radius 1 is 1.07 bits per heavy atom. The lowest BCUT2D eigenvalue weighted by molar-refractivity contribution is 0.126. The summed E-state index contributed by atoms with van der Waals surface area (Å²) in [6.07, 6.45) is 11.4. The van der Waals surface area contributed by atoms with Gasteiger partial charge in [-0.05, 0) is 31.1 Å². The van der Waals surface area contributed by atoms with Crippen LogP contribution in [0.5, 0.6) is 0 Å². The highest BCUT2D eigenvalue weighted by molar-refractivity contribution is 4.75. The van der Waals surface area contributed by atoms with Gasteiger partial charge in [-0.25, -0.2) is 0 Å². The summed E-state index contributed by atoms with van der Waals surface area (Å²) in [6, 6.07) is 0. The van der Waals surface area contributed by atoms with Gasteiger partial charge < -0.3 is 5.11 Å². The fourth-order valence-corrected chi connectivity index (χ4v) is 3.09. The topological polar surface area (TPSA) is 20.2 Å². The highest BCUT2D eigenvalue weighted by Crippen LogP contribution is 2.35. The second-order valence-corrected chi connectivity index (χ2v) is 5.23. The molecule has 0 aromatic rings. The van der Waals surface area contributed by atoms with Crippen LogP contribution in [0.25, 0.3) is 0 Å². The number of hydrogen-bond acceptors (Lipinski definition) is 1. The van der Waals surface area contributed by atoms with Crippen LogP contribution in [-0.4, -0.2) is 11.2 Å². The van der Waals surface area contributed by atoms with Crippen molar-refractivity contribution in [2.24, 2.45) is 11.8 Å². The van der Waals surface area contributed by atoms with E-state index in [0.717, 1.165) is 31.1 Å². The molecule has 1 aliphatic carbocycles. The first-order valence-electron chi connectivity index (χ1n) is 6.96. The van der Waals surface area contributed by atoms with Crippen LogP contribution in [0.3, 0.4) is 0 Å². The van der Waals surface area contributed by atoms with E-state index in [1.54, 1.807) is 0 Å². The summed E-state index contributed by atoms with van der Waals surface area (Å²) < 4.78 is 0. The van der Waals surface area contributed by atoms with Crippen molar-refractivity contribution in [3.63, 3.8) is 0 Å². The Labute approximate surface area is 95.3 Å². The fourth-order valence-electron chi connectivity index (χ4n) is 3.09. The molecule has 1 fully saturated rings. The Kier molecular flexibility index (Phi) is 6.31. The number of rotatable bonds is 6. The molecule has 15 heavy (non-hydrogen) atoms. The largest absolute Gasteiger partial charge is 0.393 e. The van der Waals surface area contributed by atoms with Gasteiger partial charge in [0.1, 0.15) is 0 Å². The normalized spacial score (nSPS) is 29.0. The second-order valence-electron chi connectivity index (χ2n) is 5.23. The zero-order valence-electron chi connectivity index (χ0n) is 10.5. The Morgan fingerprint density at radius 2 is 1.73 bits per heavy atom. The second kappa shape index (κ2) is 7.27. The van der Waals surface area contributed by atoms with Gasteiger partial charge in [0.2, 0.25) is 0 Å². The van der Waals surface area contributed by atoms with Crippen LogP contribution < -0.4 is 0 Å². The molecule has 3 unspecified atom stereocenters. The standard InChI is InChI=1S/C14H28O/c1-3-7-14(15)11-10-13-9-6-5-8-12(13)4-2/h12-15H,3-11H2,1-2H3. The van der Waals surface area contributed by atoms with Gasteiger partial charge in [0.15, 0.2) is 0 Å². The highest BCUT2D eigenvalue weighted by Gasteiger charge is 2.23. The molecule has 1 heteroatoms. The summed E-state index contributed by atoms with van der Waals surface area (Å²) in [5, 5.41) is 9.74. The van der Waals surface area contributed by atoms with Gasteiger partial charge in [0.05, 0.1) is 6.10 Å². The molecule has 90 valence electrons. The van der Waals surface area contributed by atoms with Crippen molar-refractivity contribution in [2.45, 2.75) is 77.7 Å². The molecule has 1 nitrogen and oxygen atoms in total. The minimum Gasteiger partial charge on any atom is -0.393 e. The van der Waals surface area contributed by atoms with Gasteiger partial charge in [0, 0.05) is 0 Å². The van der Waals surface area contributed by atoms with E-state index in [1.807, 2.05) is 0 Å². The van der Waals surface area contributed by atoms with E-state index >= 15 is 0 Å². The van der Waals surface area contributed by atoms with Gasteiger partial charge in [-0.3, -0.25) is 0 Å². The molecule has 0 aliphatic heterocycles. The van der Waals surface area contributed by atoms with E-state index < -0.39 is 0 Å². The molecule has 3 atom stereocenters. The van der Waals surface area contributed by atoms with Crippen LogP contribution >= 0.6 is 0 Å². The van der Waals surface area contributed by atoms with Crippen molar-refractivity contribution >= 4 is 0 Å². The van der Waals surface area contributed by atoms with Crippen LogP contribution in [0, 0.1) is 11.8 Å². The van der Waals surface area contributed by atoms with Crippen molar-refractivity contribution in [3.05, 3.63) is 0 Å². The molecule has 1 N–H and O–H groups in total. The maximum absolute atomic E-state index is 9.74. The molecule has 1 saturated carbocycles.